The molecule has 0 radical (unpaired) electrons. The zero-order valence-corrected chi connectivity index (χ0v) is 11.8. The van der Waals surface area contributed by atoms with Gasteiger partial charge in [0.15, 0.2) is 5.78 Å². The van der Waals surface area contributed by atoms with E-state index in [0.29, 0.717) is 6.42 Å². The van der Waals surface area contributed by atoms with E-state index < -0.39 is 0 Å². The summed E-state index contributed by atoms with van der Waals surface area (Å²) in [7, 11) is 0. The lowest BCUT2D eigenvalue weighted by molar-refractivity contribution is -0.124. The standard InChI is InChI=1S/C14H19NO2S/c1-3-10(2)12(16)9-15-11-7-8-18-13(11)5-4-6-14(15)17/h7-8,10H,3-6,9H2,1-2H3. The number of nitrogens with zero attached hydrogens (tertiary/aromatic N) is 1. The van der Waals surface area contributed by atoms with Gasteiger partial charge in [0.2, 0.25) is 5.91 Å². The SMILES string of the molecule is CCC(C)C(=O)CN1C(=O)CCCc2sccc21. The fourth-order valence-electron chi connectivity index (χ4n) is 2.14. The molecule has 0 bridgehead atoms. The summed E-state index contributed by atoms with van der Waals surface area (Å²) in [5, 5.41) is 2.00. The number of carbonyl (C=O) groups is 2. The fourth-order valence-corrected chi connectivity index (χ4v) is 3.07. The van der Waals surface area contributed by atoms with Gasteiger partial charge in [0, 0.05) is 17.2 Å². The van der Waals surface area contributed by atoms with Crippen molar-refractivity contribution in [2.24, 2.45) is 5.92 Å². The van der Waals surface area contributed by atoms with Gasteiger partial charge in [-0.25, -0.2) is 0 Å². The van der Waals surface area contributed by atoms with Crippen LogP contribution in [0.2, 0.25) is 0 Å². The average Bonchev–Trinajstić information content (AvgIpc) is 2.77. The molecule has 1 aromatic rings. The van der Waals surface area contributed by atoms with E-state index in [9.17, 15) is 9.59 Å². The van der Waals surface area contributed by atoms with Crippen LogP contribution < -0.4 is 4.90 Å². The summed E-state index contributed by atoms with van der Waals surface area (Å²) in [6.45, 7) is 4.17. The molecule has 0 spiro atoms. The number of rotatable bonds is 4. The highest BCUT2D eigenvalue weighted by Gasteiger charge is 2.26. The summed E-state index contributed by atoms with van der Waals surface area (Å²) < 4.78 is 0. The van der Waals surface area contributed by atoms with Crippen molar-refractivity contribution in [2.75, 3.05) is 11.4 Å². The van der Waals surface area contributed by atoms with Gasteiger partial charge in [-0.15, -0.1) is 11.3 Å². The molecule has 1 aromatic heterocycles. The van der Waals surface area contributed by atoms with E-state index in [-0.39, 0.29) is 24.2 Å². The van der Waals surface area contributed by atoms with Crippen LogP contribution in [0.15, 0.2) is 11.4 Å². The number of aryl methyl sites for hydroxylation is 1. The first-order valence-corrected chi connectivity index (χ1v) is 7.41. The molecule has 1 aliphatic rings. The number of fused-ring (bicyclic) bond motifs is 1. The molecule has 18 heavy (non-hydrogen) atoms. The maximum absolute atomic E-state index is 12.1. The zero-order valence-electron chi connectivity index (χ0n) is 10.9. The van der Waals surface area contributed by atoms with Crippen LogP contribution in [0.1, 0.15) is 38.0 Å². The van der Waals surface area contributed by atoms with Crippen molar-refractivity contribution in [1.82, 2.24) is 0 Å². The molecular formula is C14H19NO2S. The Balaban J connectivity index is 2.20. The van der Waals surface area contributed by atoms with Crippen molar-refractivity contribution in [1.29, 1.82) is 0 Å². The Hall–Kier alpha value is -1.16. The highest BCUT2D eigenvalue weighted by Crippen LogP contribution is 2.31. The van der Waals surface area contributed by atoms with Gasteiger partial charge in [-0.2, -0.15) is 0 Å². The Morgan fingerprint density at radius 2 is 2.28 bits per heavy atom. The first-order valence-electron chi connectivity index (χ1n) is 6.53. The third kappa shape index (κ3) is 2.64. The van der Waals surface area contributed by atoms with Crippen molar-refractivity contribution in [3.63, 3.8) is 0 Å². The van der Waals surface area contributed by atoms with E-state index in [1.165, 1.54) is 4.88 Å². The zero-order chi connectivity index (χ0) is 13.1. The number of hydrogen-bond donors (Lipinski definition) is 0. The molecular weight excluding hydrogens is 246 g/mol. The van der Waals surface area contributed by atoms with Gasteiger partial charge in [-0.3, -0.25) is 9.59 Å². The van der Waals surface area contributed by atoms with E-state index in [0.717, 1.165) is 24.9 Å². The number of thiophene rings is 1. The highest BCUT2D eigenvalue weighted by atomic mass is 32.1. The summed E-state index contributed by atoms with van der Waals surface area (Å²) in [5.74, 6) is 0.275. The minimum atomic E-state index is 0.0307. The summed E-state index contributed by atoms with van der Waals surface area (Å²) in [4.78, 5) is 27.1. The van der Waals surface area contributed by atoms with Crippen LogP contribution in [0.5, 0.6) is 0 Å². The van der Waals surface area contributed by atoms with Crippen LogP contribution in [0.4, 0.5) is 5.69 Å². The molecule has 1 atom stereocenters. The highest BCUT2D eigenvalue weighted by molar-refractivity contribution is 7.10. The van der Waals surface area contributed by atoms with Gasteiger partial charge in [-0.1, -0.05) is 13.8 Å². The first-order chi connectivity index (χ1) is 8.63. The molecule has 98 valence electrons. The predicted octanol–water partition coefficient (Wildman–Crippen LogP) is 3.03. The molecule has 0 aromatic carbocycles. The van der Waals surface area contributed by atoms with Crippen LogP contribution in [-0.4, -0.2) is 18.2 Å². The lowest BCUT2D eigenvalue weighted by atomic mass is 10.0. The number of carbonyl (C=O) groups excluding carboxylic acids is 2. The molecule has 3 nitrogen and oxygen atoms in total. The normalized spacial score (nSPS) is 17.2. The molecule has 1 unspecified atom stereocenters. The number of ketones is 1. The number of anilines is 1. The number of hydrogen-bond acceptors (Lipinski definition) is 3. The second-order valence-corrected chi connectivity index (χ2v) is 5.84. The molecule has 0 saturated heterocycles. The van der Waals surface area contributed by atoms with Crippen LogP contribution in [0.3, 0.4) is 0 Å². The second kappa shape index (κ2) is 5.65. The largest absolute Gasteiger partial charge is 0.304 e. The van der Waals surface area contributed by atoms with Crippen molar-refractivity contribution >= 4 is 28.7 Å². The van der Waals surface area contributed by atoms with E-state index in [2.05, 4.69) is 0 Å². The third-order valence-corrected chi connectivity index (χ3v) is 4.55. The first kappa shape index (κ1) is 13.3. The summed E-state index contributed by atoms with van der Waals surface area (Å²) in [6.07, 6.45) is 3.22. The fraction of sp³-hybridized carbons (Fsp3) is 0.571. The van der Waals surface area contributed by atoms with Crippen LogP contribution in [0.25, 0.3) is 0 Å². The molecule has 0 N–H and O–H groups in total. The Labute approximate surface area is 112 Å². The molecule has 4 heteroatoms. The van der Waals surface area contributed by atoms with Gasteiger partial charge < -0.3 is 4.90 Å². The Bertz CT molecular complexity index is 452. The third-order valence-electron chi connectivity index (χ3n) is 3.58. The lowest BCUT2D eigenvalue weighted by Gasteiger charge is -2.21. The minimum absolute atomic E-state index is 0.0307. The Kier molecular flexibility index (Phi) is 4.17. The number of amides is 1. The van der Waals surface area contributed by atoms with Crippen molar-refractivity contribution < 1.29 is 9.59 Å². The van der Waals surface area contributed by atoms with Gasteiger partial charge >= 0.3 is 0 Å². The quantitative estimate of drug-likeness (QED) is 0.839. The van der Waals surface area contributed by atoms with Crippen molar-refractivity contribution in [3.8, 4) is 0 Å². The van der Waals surface area contributed by atoms with Crippen LogP contribution >= 0.6 is 11.3 Å². The topological polar surface area (TPSA) is 37.4 Å². The predicted molar refractivity (Wildman–Crippen MR) is 74.1 cm³/mol. The number of Topliss-reactive ketones (excluding diaryl/α,β-unsaturated/α-hetero) is 1. The monoisotopic (exact) mass is 265 g/mol. The molecule has 1 aliphatic heterocycles. The Morgan fingerprint density at radius 3 is 3.00 bits per heavy atom. The smallest absolute Gasteiger partial charge is 0.227 e. The molecule has 2 heterocycles. The lowest BCUT2D eigenvalue weighted by Crippen LogP contribution is -2.36. The minimum Gasteiger partial charge on any atom is -0.304 e. The van der Waals surface area contributed by atoms with E-state index >= 15 is 0 Å². The maximum atomic E-state index is 12.1. The summed E-state index contributed by atoms with van der Waals surface area (Å²) in [6, 6.07) is 1.97. The van der Waals surface area contributed by atoms with Crippen LogP contribution in [0, 0.1) is 5.92 Å². The van der Waals surface area contributed by atoms with Crippen LogP contribution in [-0.2, 0) is 16.0 Å². The second-order valence-electron chi connectivity index (χ2n) is 4.84. The van der Waals surface area contributed by atoms with Gasteiger partial charge in [-0.05, 0) is 30.7 Å². The van der Waals surface area contributed by atoms with E-state index in [1.54, 1.807) is 16.2 Å². The van der Waals surface area contributed by atoms with Crippen molar-refractivity contribution in [3.05, 3.63) is 16.3 Å². The molecule has 0 saturated carbocycles. The maximum Gasteiger partial charge on any atom is 0.227 e. The average molecular weight is 265 g/mol. The van der Waals surface area contributed by atoms with E-state index in [1.807, 2.05) is 25.3 Å². The van der Waals surface area contributed by atoms with Gasteiger partial charge in [0.1, 0.15) is 0 Å². The molecule has 2 rings (SSSR count). The van der Waals surface area contributed by atoms with Crippen molar-refractivity contribution in [2.45, 2.75) is 39.5 Å². The van der Waals surface area contributed by atoms with E-state index in [4.69, 9.17) is 0 Å². The summed E-state index contributed by atoms with van der Waals surface area (Å²) >= 11 is 1.68. The molecule has 0 aliphatic carbocycles. The molecule has 1 amide bonds. The molecule has 0 fully saturated rings. The summed E-state index contributed by atoms with van der Waals surface area (Å²) in [5.41, 5.74) is 0.958. The Morgan fingerprint density at radius 1 is 1.50 bits per heavy atom. The van der Waals surface area contributed by atoms with Gasteiger partial charge in [0.05, 0.1) is 12.2 Å². The van der Waals surface area contributed by atoms with Gasteiger partial charge in [0.25, 0.3) is 0 Å².